The highest BCUT2D eigenvalue weighted by molar-refractivity contribution is 6.21. The van der Waals surface area contributed by atoms with Gasteiger partial charge < -0.3 is 20.2 Å². The second kappa shape index (κ2) is 11.1. The molecule has 3 atom stereocenters. The first-order valence-electron chi connectivity index (χ1n) is 12.4. The summed E-state index contributed by atoms with van der Waals surface area (Å²) in [6.45, 7) is 1.98. The van der Waals surface area contributed by atoms with Gasteiger partial charge in [0.25, 0.3) is 5.91 Å². The first-order chi connectivity index (χ1) is 17.5. The molecule has 1 aromatic carbocycles. The Morgan fingerprint density at radius 3 is 2.57 bits per heavy atom. The minimum Gasteiger partial charge on any atom is -0.511 e. The quantitative estimate of drug-likeness (QED) is 0.147. The second-order valence-corrected chi connectivity index (χ2v) is 9.80. The lowest BCUT2D eigenvalue weighted by molar-refractivity contribution is -0.154. The fourth-order valence-electron chi connectivity index (χ4n) is 5.12. The van der Waals surface area contributed by atoms with Crippen molar-refractivity contribution in [3.63, 3.8) is 0 Å². The molecular weight excluding hydrogens is 492 g/mol. The number of alkyl halides is 3. The summed E-state index contributed by atoms with van der Waals surface area (Å²) in [4.78, 5) is 26.6. The van der Waals surface area contributed by atoms with Crippen LogP contribution in [0, 0.1) is 24.6 Å². The summed E-state index contributed by atoms with van der Waals surface area (Å²) in [5.74, 6) is -4.18. The Bertz CT molecular complexity index is 1180. The minimum atomic E-state index is -4.65. The van der Waals surface area contributed by atoms with Crippen molar-refractivity contribution in [1.29, 1.82) is 0 Å². The molecule has 6 nitrogen and oxygen atoms in total. The minimum absolute atomic E-state index is 0.00499. The summed E-state index contributed by atoms with van der Waals surface area (Å²) < 4.78 is 58.6. The van der Waals surface area contributed by atoms with E-state index in [4.69, 9.17) is 4.42 Å². The van der Waals surface area contributed by atoms with E-state index in [9.17, 15) is 32.3 Å². The lowest BCUT2D eigenvalue weighted by atomic mass is 9.68. The number of nitrogens with one attached hydrogen (secondary N) is 2. The van der Waals surface area contributed by atoms with Gasteiger partial charge in [-0.25, -0.2) is 4.39 Å². The van der Waals surface area contributed by atoms with E-state index in [-0.39, 0.29) is 29.9 Å². The van der Waals surface area contributed by atoms with E-state index >= 15 is 0 Å². The molecule has 2 unspecified atom stereocenters. The maximum Gasteiger partial charge on any atom is 0.449 e. The number of carbonyl (C=O) groups is 2. The molecule has 2 fully saturated rings. The average molecular weight is 523 g/mol. The molecule has 1 amide bonds. The largest absolute Gasteiger partial charge is 0.511 e. The monoisotopic (exact) mass is 522 g/mol. The molecule has 1 saturated heterocycles. The first-order valence-corrected chi connectivity index (χ1v) is 12.4. The molecule has 1 aliphatic carbocycles. The molecule has 0 radical (unpaired) electrons. The zero-order valence-electron chi connectivity index (χ0n) is 20.5. The van der Waals surface area contributed by atoms with Gasteiger partial charge in [-0.2, -0.15) is 13.2 Å². The van der Waals surface area contributed by atoms with Gasteiger partial charge in [0, 0.05) is 18.0 Å². The van der Waals surface area contributed by atoms with Crippen LogP contribution in [0.3, 0.4) is 0 Å². The van der Waals surface area contributed by atoms with Crippen molar-refractivity contribution in [3.8, 4) is 0 Å². The number of ketones is 1. The van der Waals surface area contributed by atoms with Gasteiger partial charge in [-0.1, -0.05) is 18.6 Å². The van der Waals surface area contributed by atoms with Gasteiger partial charge in [-0.3, -0.25) is 9.59 Å². The Morgan fingerprint density at radius 2 is 1.95 bits per heavy atom. The van der Waals surface area contributed by atoms with Crippen molar-refractivity contribution in [2.75, 3.05) is 6.54 Å². The van der Waals surface area contributed by atoms with Crippen LogP contribution in [0.4, 0.5) is 17.6 Å². The number of aliphatic hydroxyl groups is 1. The third-order valence-corrected chi connectivity index (χ3v) is 7.14. The molecule has 1 saturated carbocycles. The molecule has 1 aromatic heterocycles. The van der Waals surface area contributed by atoms with Crippen LogP contribution in [0.2, 0.25) is 0 Å². The maximum atomic E-state index is 13.5. The third kappa shape index (κ3) is 6.23. The van der Waals surface area contributed by atoms with E-state index in [1.54, 1.807) is 6.07 Å². The molecule has 0 spiro atoms. The van der Waals surface area contributed by atoms with E-state index < -0.39 is 53.1 Å². The van der Waals surface area contributed by atoms with Gasteiger partial charge >= 0.3 is 6.18 Å². The van der Waals surface area contributed by atoms with Crippen LogP contribution < -0.4 is 10.6 Å². The molecular formula is C27H30F4N2O4. The lowest BCUT2D eigenvalue weighted by Crippen LogP contribution is -2.45. The molecule has 37 heavy (non-hydrogen) atoms. The molecule has 3 N–H and O–H groups in total. The summed E-state index contributed by atoms with van der Waals surface area (Å²) in [5, 5.41) is 16.9. The van der Waals surface area contributed by atoms with Crippen molar-refractivity contribution in [3.05, 3.63) is 70.1 Å². The highest BCUT2D eigenvalue weighted by atomic mass is 19.4. The number of aryl methyl sites for hydroxylation is 1. The fourth-order valence-corrected chi connectivity index (χ4v) is 5.12. The zero-order chi connectivity index (χ0) is 26.7. The number of benzene rings is 1. The Morgan fingerprint density at radius 1 is 1.16 bits per heavy atom. The van der Waals surface area contributed by atoms with Gasteiger partial charge in [-0.05, 0) is 75.3 Å². The Hall–Kier alpha value is -3.14. The molecule has 4 rings (SSSR count). The number of hydrogen-bond acceptors (Lipinski definition) is 5. The topological polar surface area (TPSA) is 91.6 Å². The molecule has 200 valence electrons. The number of Topliss-reactive ketones (excluding diaryl/α,β-unsaturated/α-hetero) is 1. The third-order valence-electron chi connectivity index (χ3n) is 7.14. The number of allylic oxidation sites excluding steroid dienone is 1. The van der Waals surface area contributed by atoms with Crippen LogP contribution in [0.5, 0.6) is 0 Å². The highest BCUT2D eigenvalue weighted by Crippen LogP contribution is 2.44. The molecule has 1 aliphatic heterocycles. The number of amides is 1. The van der Waals surface area contributed by atoms with Crippen LogP contribution in [0.25, 0.3) is 0 Å². The predicted molar refractivity (Wildman–Crippen MR) is 127 cm³/mol. The number of carbonyl (C=O) groups excluding carboxylic acids is 2. The predicted octanol–water partition coefficient (Wildman–Crippen LogP) is 5.15. The van der Waals surface area contributed by atoms with Crippen molar-refractivity contribution in [2.24, 2.45) is 11.8 Å². The standard InChI is InChI=1S/C27H30F4N2O4/c1-15-11-18(25(37-15)27(29,30)31)13-17-8-9-20(17)23(34)22(24(35)21-7-2-3-10-32-21)26(36)33-14-16-5-4-6-19(28)12-16/h4-6,11-12,17,20-21,32,34H,2-3,7-10,13-14H2,1H3,(H,33,36)/t17?,20?,21-/m0/s1. The Balaban J connectivity index is 1.58. The van der Waals surface area contributed by atoms with Crippen LogP contribution in [-0.4, -0.2) is 29.4 Å². The smallest absolute Gasteiger partial charge is 0.449 e. The van der Waals surface area contributed by atoms with E-state index in [2.05, 4.69) is 10.6 Å². The summed E-state index contributed by atoms with van der Waals surface area (Å²) in [7, 11) is 0. The SMILES string of the molecule is Cc1cc(CC2CCC2C(O)=C(C(=O)NCc2cccc(F)c2)C(=O)[C@@H]2CCCCN2)c(C(F)(F)F)o1. The Labute approximate surface area is 212 Å². The number of hydrogen-bond donors (Lipinski definition) is 3. The van der Waals surface area contributed by atoms with Crippen molar-refractivity contribution < 1.29 is 36.7 Å². The number of piperidine rings is 1. The van der Waals surface area contributed by atoms with Gasteiger partial charge in [0.05, 0.1) is 6.04 Å². The fraction of sp³-hybridized carbons (Fsp3) is 0.481. The number of furan rings is 1. The van der Waals surface area contributed by atoms with Crippen LogP contribution >= 0.6 is 0 Å². The summed E-state index contributed by atoms with van der Waals surface area (Å²) in [6.07, 6.45) is -1.51. The van der Waals surface area contributed by atoms with E-state index in [0.717, 1.165) is 12.8 Å². The zero-order valence-corrected chi connectivity index (χ0v) is 20.5. The van der Waals surface area contributed by atoms with E-state index in [0.29, 0.717) is 31.4 Å². The number of rotatable bonds is 8. The van der Waals surface area contributed by atoms with Crippen LogP contribution in [0.15, 0.2) is 46.1 Å². The summed E-state index contributed by atoms with van der Waals surface area (Å²) in [5.41, 5.74) is 0.0850. The Kier molecular flexibility index (Phi) is 8.06. The number of aliphatic hydroxyl groups excluding tert-OH is 1. The van der Waals surface area contributed by atoms with Crippen LogP contribution in [0.1, 0.15) is 54.8 Å². The summed E-state index contributed by atoms with van der Waals surface area (Å²) >= 11 is 0. The molecule has 2 aliphatic rings. The van der Waals surface area contributed by atoms with E-state index in [1.165, 1.54) is 31.2 Å². The molecule has 10 heteroatoms. The molecule has 0 bridgehead atoms. The lowest BCUT2D eigenvalue weighted by Gasteiger charge is -2.37. The average Bonchev–Trinajstić information content (AvgIpc) is 3.22. The first kappa shape index (κ1) is 26.9. The van der Waals surface area contributed by atoms with Gasteiger partial charge in [0.1, 0.15) is 22.9 Å². The highest BCUT2D eigenvalue weighted by Gasteiger charge is 2.43. The van der Waals surface area contributed by atoms with Crippen molar-refractivity contribution >= 4 is 11.7 Å². The molecule has 2 heterocycles. The van der Waals surface area contributed by atoms with Gasteiger partial charge in [-0.15, -0.1) is 0 Å². The molecule has 2 aromatic rings. The van der Waals surface area contributed by atoms with E-state index in [1.807, 2.05) is 0 Å². The second-order valence-electron chi connectivity index (χ2n) is 9.80. The van der Waals surface area contributed by atoms with Gasteiger partial charge in [0.2, 0.25) is 5.76 Å². The maximum absolute atomic E-state index is 13.5. The number of halogens is 4. The normalized spacial score (nSPS) is 22.7. The van der Waals surface area contributed by atoms with Gasteiger partial charge in [0.15, 0.2) is 5.78 Å². The van der Waals surface area contributed by atoms with Crippen molar-refractivity contribution in [2.45, 2.75) is 64.2 Å². The van der Waals surface area contributed by atoms with Crippen molar-refractivity contribution in [1.82, 2.24) is 10.6 Å². The van der Waals surface area contributed by atoms with Crippen LogP contribution in [-0.2, 0) is 28.7 Å². The summed E-state index contributed by atoms with van der Waals surface area (Å²) in [6, 6.07) is 6.32.